The van der Waals surface area contributed by atoms with Gasteiger partial charge in [0.25, 0.3) is 0 Å². The molecule has 1 aliphatic heterocycles. The van der Waals surface area contributed by atoms with E-state index in [4.69, 9.17) is 4.74 Å². The largest absolute Gasteiger partial charge is 1.00 e. The van der Waals surface area contributed by atoms with Crippen LogP contribution >= 0.6 is 0 Å². The first-order chi connectivity index (χ1) is 6.08. The SMILES string of the molecule is NS(=O)(=O)OCCN1CCOCC1.[H-].[Na+]. The van der Waals surface area contributed by atoms with Crippen molar-refractivity contribution in [2.75, 3.05) is 39.5 Å². The molecule has 0 atom stereocenters. The Labute approximate surface area is 108 Å². The molecule has 0 spiro atoms. The summed E-state index contributed by atoms with van der Waals surface area (Å²) in [7, 11) is -3.78. The van der Waals surface area contributed by atoms with Gasteiger partial charge >= 0.3 is 39.9 Å². The van der Waals surface area contributed by atoms with E-state index in [2.05, 4.69) is 14.2 Å². The number of rotatable bonds is 4. The quantitative estimate of drug-likeness (QED) is 0.497. The molecular weight excluding hydrogens is 219 g/mol. The van der Waals surface area contributed by atoms with E-state index in [1.54, 1.807) is 0 Å². The van der Waals surface area contributed by atoms with Crippen LogP contribution in [0, 0.1) is 0 Å². The minimum absolute atomic E-state index is 0. The molecule has 0 radical (unpaired) electrons. The Morgan fingerprint density at radius 1 is 1.43 bits per heavy atom. The molecule has 0 saturated carbocycles. The first-order valence-electron chi connectivity index (χ1n) is 4.05. The Morgan fingerprint density at radius 2 is 2.00 bits per heavy atom. The number of ether oxygens (including phenoxy) is 1. The number of hydrogen-bond acceptors (Lipinski definition) is 5. The number of hydrogen-bond donors (Lipinski definition) is 1. The fourth-order valence-electron chi connectivity index (χ4n) is 1.11. The number of nitrogens with zero attached hydrogens (tertiary/aromatic N) is 1. The molecule has 1 heterocycles. The summed E-state index contributed by atoms with van der Waals surface area (Å²) >= 11 is 0. The first kappa shape index (κ1) is 14.8. The Balaban J connectivity index is 0. The van der Waals surface area contributed by atoms with Gasteiger partial charge in [0.05, 0.1) is 19.8 Å². The smallest absolute Gasteiger partial charge is 1.00 e. The summed E-state index contributed by atoms with van der Waals surface area (Å²) in [6, 6.07) is 0. The van der Waals surface area contributed by atoms with Gasteiger partial charge in [-0.3, -0.25) is 9.08 Å². The van der Waals surface area contributed by atoms with Gasteiger partial charge in [0.2, 0.25) is 0 Å². The van der Waals surface area contributed by atoms with Gasteiger partial charge in [-0.25, -0.2) is 5.14 Å². The molecule has 1 rings (SSSR count). The third-order valence-electron chi connectivity index (χ3n) is 1.76. The zero-order chi connectivity index (χ0) is 9.73. The topological polar surface area (TPSA) is 81.9 Å². The molecule has 0 aromatic heterocycles. The van der Waals surface area contributed by atoms with E-state index in [-0.39, 0.29) is 37.6 Å². The fourth-order valence-corrected chi connectivity index (χ4v) is 1.41. The minimum atomic E-state index is -3.78. The number of morpholine rings is 1. The van der Waals surface area contributed by atoms with Crippen LogP contribution in [0.2, 0.25) is 0 Å². The Kier molecular flexibility index (Phi) is 7.53. The Bertz CT molecular complexity index is 246. The van der Waals surface area contributed by atoms with Crippen LogP contribution in [0.3, 0.4) is 0 Å². The summed E-state index contributed by atoms with van der Waals surface area (Å²) in [5.41, 5.74) is 0. The molecule has 0 aliphatic carbocycles. The van der Waals surface area contributed by atoms with E-state index in [9.17, 15) is 8.42 Å². The van der Waals surface area contributed by atoms with E-state index in [1.165, 1.54) is 0 Å². The molecule has 0 aromatic carbocycles. The molecular formula is C6H15N2NaO4S. The van der Waals surface area contributed by atoms with E-state index in [1.807, 2.05) is 0 Å². The molecule has 1 saturated heterocycles. The molecule has 2 N–H and O–H groups in total. The molecule has 1 aliphatic rings. The van der Waals surface area contributed by atoms with Gasteiger partial charge in [-0.15, -0.1) is 0 Å². The monoisotopic (exact) mass is 234 g/mol. The van der Waals surface area contributed by atoms with E-state index in [0.29, 0.717) is 19.8 Å². The first-order valence-corrected chi connectivity index (χ1v) is 5.52. The Hall–Kier alpha value is 0.790. The Morgan fingerprint density at radius 3 is 2.50 bits per heavy atom. The van der Waals surface area contributed by atoms with Crippen LogP contribution in [-0.4, -0.2) is 52.8 Å². The van der Waals surface area contributed by atoms with Crippen molar-refractivity contribution in [2.45, 2.75) is 0 Å². The summed E-state index contributed by atoms with van der Waals surface area (Å²) < 4.78 is 30.3. The van der Waals surface area contributed by atoms with E-state index in [0.717, 1.165) is 13.1 Å². The van der Waals surface area contributed by atoms with Crippen molar-refractivity contribution in [3.05, 3.63) is 0 Å². The maximum atomic E-state index is 10.4. The molecule has 0 amide bonds. The van der Waals surface area contributed by atoms with Gasteiger partial charge in [-0.1, -0.05) is 0 Å². The van der Waals surface area contributed by atoms with Gasteiger partial charge in [-0.05, 0) is 0 Å². The molecule has 6 nitrogen and oxygen atoms in total. The summed E-state index contributed by atoms with van der Waals surface area (Å²) in [6.07, 6.45) is 0. The van der Waals surface area contributed by atoms with Crippen molar-refractivity contribution in [3.8, 4) is 0 Å². The molecule has 0 bridgehead atoms. The normalized spacial score (nSPS) is 18.9. The molecule has 0 unspecified atom stereocenters. The summed E-state index contributed by atoms with van der Waals surface area (Å²) in [4.78, 5) is 2.06. The minimum Gasteiger partial charge on any atom is -1.00 e. The third-order valence-corrected chi connectivity index (χ3v) is 2.25. The maximum absolute atomic E-state index is 10.4. The summed E-state index contributed by atoms with van der Waals surface area (Å²) in [6.45, 7) is 3.69. The van der Waals surface area contributed by atoms with Gasteiger partial charge in [0.15, 0.2) is 0 Å². The van der Waals surface area contributed by atoms with Crippen molar-refractivity contribution in [1.29, 1.82) is 0 Å². The van der Waals surface area contributed by atoms with Crippen molar-refractivity contribution >= 4 is 10.3 Å². The molecule has 0 aromatic rings. The van der Waals surface area contributed by atoms with Crippen LogP contribution in [0.4, 0.5) is 0 Å². The van der Waals surface area contributed by atoms with Crippen LogP contribution in [0.5, 0.6) is 0 Å². The average Bonchev–Trinajstić information content (AvgIpc) is 2.04. The van der Waals surface area contributed by atoms with Crippen molar-refractivity contribution < 1.29 is 48.3 Å². The van der Waals surface area contributed by atoms with Crippen LogP contribution in [0.25, 0.3) is 0 Å². The average molecular weight is 234 g/mol. The second-order valence-corrected chi connectivity index (χ2v) is 3.99. The predicted molar refractivity (Wildman–Crippen MR) is 47.4 cm³/mol. The molecule has 80 valence electrons. The fraction of sp³-hybridized carbons (Fsp3) is 1.00. The van der Waals surface area contributed by atoms with E-state index >= 15 is 0 Å². The summed E-state index contributed by atoms with van der Waals surface area (Å²) in [5, 5.41) is 4.66. The van der Waals surface area contributed by atoms with Crippen molar-refractivity contribution in [1.82, 2.24) is 4.90 Å². The summed E-state index contributed by atoms with van der Waals surface area (Å²) in [5.74, 6) is 0. The van der Waals surface area contributed by atoms with E-state index < -0.39 is 10.3 Å². The number of nitrogens with two attached hydrogens (primary N) is 1. The van der Waals surface area contributed by atoms with Crippen LogP contribution in [0.1, 0.15) is 1.43 Å². The zero-order valence-corrected chi connectivity index (χ0v) is 11.1. The zero-order valence-electron chi connectivity index (χ0n) is 9.31. The molecule has 1 fully saturated rings. The van der Waals surface area contributed by atoms with Gasteiger partial charge in [-0.2, -0.15) is 8.42 Å². The third kappa shape index (κ3) is 7.13. The standard InChI is InChI=1S/C6H14N2O4S.Na.H/c7-13(9,10)12-6-3-8-1-4-11-5-2-8;;/h1-6H2,(H2,7,9,10);;/q;+1;-1. The second-order valence-electron chi connectivity index (χ2n) is 2.77. The molecule has 14 heavy (non-hydrogen) atoms. The van der Waals surface area contributed by atoms with Crippen molar-refractivity contribution in [2.24, 2.45) is 5.14 Å². The van der Waals surface area contributed by atoms with Crippen molar-refractivity contribution in [3.63, 3.8) is 0 Å². The maximum Gasteiger partial charge on any atom is 1.00 e. The predicted octanol–water partition coefficient (Wildman–Crippen LogP) is -4.34. The van der Waals surface area contributed by atoms with Gasteiger partial charge in [0, 0.05) is 19.6 Å². The van der Waals surface area contributed by atoms with Crippen LogP contribution in [-0.2, 0) is 19.2 Å². The van der Waals surface area contributed by atoms with Crippen LogP contribution in [0.15, 0.2) is 0 Å². The van der Waals surface area contributed by atoms with Crippen LogP contribution < -0.4 is 34.7 Å². The van der Waals surface area contributed by atoms with Gasteiger partial charge < -0.3 is 6.16 Å². The second kappa shape index (κ2) is 7.13. The molecule has 8 heteroatoms. The van der Waals surface area contributed by atoms with Gasteiger partial charge in [0.1, 0.15) is 0 Å².